The molecule has 3 nitrogen and oxygen atoms in total. The van der Waals surface area contributed by atoms with Crippen molar-refractivity contribution < 1.29 is 5.11 Å². The molecule has 0 aliphatic carbocycles. The van der Waals surface area contributed by atoms with Gasteiger partial charge in [0.2, 0.25) is 0 Å². The highest BCUT2D eigenvalue weighted by Crippen LogP contribution is 2.25. The van der Waals surface area contributed by atoms with Crippen LogP contribution >= 0.6 is 22.9 Å². The predicted molar refractivity (Wildman–Crippen MR) is 82.5 cm³/mol. The summed E-state index contributed by atoms with van der Waals surface area (Å²) in [5.74, 6) is 0. The molecule has 0 radical (unpaired) electrons. The molecule has 102 valence electrons. The quantitative estimate of drug-likeness (QED) is 0.805. The van der Waals surface area contributed by atoms with Crippen LogP contribution in [0.1, 0.15) is 11.7 Å². The maximum Gasteiger partial charge on any atom is 0.308 e. The zero-order valence-electron chi connectivity index (χ0n) is 10.5. The van der Waals surface area contributed by atoms with Gasteiger partial charge in [0.05, 0.1) is 22.9 Å². The lowest BCUT2D eigenvalue weighted by Gasteiger charge is -2.13. The molecule has 0 bridgehead atoms. The van der Waals surface area contributed by atoms with Crippen LogP contribution in [0.25, 0.3) is 10.2 Å². The van der Waals surface area contributed by atoms with Gasteiger partial charge in [-0.25, -0.2) is 0 Å². The number of nitrogens with zero attached hydrogens (tertiary/aromatic N) is 1. The lowest BCUT2D eigenvalue weighted by molar-refractivity contribution is 0.157. The van der Waals surface area contributed by atoms with Gasteiger partial charge in [-0.15, -0.1) is 0 Å². The van der Waals surface area contributed by atoms with Gasteiger partial charge in [0.1, 0.15) is 0 Å². The Morgan fingerprint density at radius 2 is 1.85 bits per heavy atom. The second-order valence-electron chi connectivity index (χ2n) is 4.48. The maximum atomic E-state index is 12.0. The first kappa shape index (κ1) is 13.4. The molecule has 1 atom stereocenters. The van der Waals surface area contributed by atoms with Crippen LogP contribution in [-0.2, 0) is 6.54 Å². The number of aliphatic hydroxyl groups is 1. The van der Waals surface area contributed by atoms with Gasteiger partial charge in [0.15, 0.2) is 0 Å². The summed E-state index contributed by atoms with van der Waals surface area (Å²) in [5, 5.41) is 10.8. The molecule has 2 aromatic carbocycles. The smallest absolute Gasteiger partial charge is 0.308 e. The van der Waals surface area contributed by atoms with Crippen molar-refractivity contribution in [3.8, 4) is 0 Å². The fourth-order valence-corrected chi connectivity index (χ4v) is 3.37. The zero-order valence-corrected chi connectivity index (χ0v) is 12.1. The van der Waals surface area contributed by atoms with Crippen LogP contribution in [0.15, 0.2) is 53.3 Å². The lowest BCUT2D eigenvalue weighted by atomic mass is 10.1. The number of para-hydroxylation sites is 1. The van der Waals surface area contributed by atoms with E-state index in [1.807, 2.05) is 36.4 Å². The van der Waals surface area contributed by atoms with Gasteiger partial charge in [-0.2, -0.15) is 0 Å². The first-order valence-corrected chi connectivity index (χ1v) is 7.37. The minimum atomic E-state index is -0.806. The Bertz CT molecular complexity index is 809. The van der Waals surface area contributed by atoms with Crippen LogP contribution in [0.3, 0.4) is 0 Å². The molecule has 5 heteroatoms. The Labute approximate surface area is 124 Å². The van der Waals surface area contributed by atoms with E-state index >= 15 is 0 Å². The second kappa shape index (κ2) is 5.40. The third-order valence-electron chi connectivity index (χ3n) is 3.19. The Hall–Kier alpha value is -1.62. The van der Waals surface area contributed by atoms with Crippen molar-refractivity contribution in [1.82, 2.24) is 4.57 Å². The van der Waals surface area contributed by atoms with Crippen LogP contribution in [0.2, 0.25) is 5.02 Å². The number of hydrogen-bond acceptors (Lipinski definition) is 3. The maximum absolute atomic E-state index is 12.0. The van der Waals surface area contributed by atoms with Gasteiger partial charge in [0.25, 0.3) is 0 Å². The molecule has 1 unspecified atom stereocenters. The minimum absolute atomic E-state index is 0.0719. The van der Waals surface area contributed by atoms with E-state index in [0.29, 0.717) is 10.6 Å². The summed E-state index contributed by atoms with van der Waals surface area (Å²) >= 11 is 7.26. The van der Waals surface area contributed by atoms with Crippen molar-refractivity contribution in [2.75, 3.05) is 0 Å². The summed E-state index contributed by atoms with van der Waals surface area (Å²) in [5.41, 5.74) is 1.48. The van der Waals surface area contributed by atoms with Crippen LogP contribution in [0.4, 0.5) is 0 Å². The Balaban J connectivity index is 2.00. The average molecular weight is 306 g/mol. The topological polar surface area (TPSA) is 42.2 Å². The largest absolute Gasteiger partial charge is 0.386 e. The van der Waals surface area contributed by atoms with Gasteiger partial charge < -0.3 is 5.11 Å². The van der Waals surface area contributed by atoms with E-state index in [1.54, 1.807) is 16.7 Å². The van der Waals surface area contributed by atoms with Gasteiger partial charge in [-0.3, -0.25) is 9.36 Å². The highest BCUT2D eigenvalue weighted by Gasteiger charge is 2.15. The summed E-state index contributed by atoms with van der Waals surface area (Å²) < 4.78 is 2.51. The van der Waals surface area contributed by atoms with Crippen LogP contribution < -0.4 is 4.87 Å². The van der Waals surface area contributed by atoms with E-state index in [0.717, 1.165) is 10.2 Å². The van der Waals surface area contributed by atoms with Crippen molar-refractivity contribution >= 4 is 33.2 Å². The molecule has 1 N–H and O–H groups in total. The second-order valence-corrected chi connectivity index (χ2v) is 5.88. The summed E-state index contributed by atoms with van der Waals surface area (Å²) in [7, 11) is 0. The Morgan fingerprint density at radius 1 is 1.15 bits per heavy atom. The van der Waals surface area contributed by atoms with Crippen LogP contribution in [0, 0.1) is 0 Å². The highest BCUT2D eigenvalue weighted by molar-refractivity contribution is 7.16. The van der Waals surface area contributed by atoms with E-state index in [9.17, 15) is 9.90 Å². The number of aliphatic hydroxyl groups excluding tert-OH is 1. The van der Waals surface area contributed by atoms with Crippen molar-refractivity contribution in [1.29, 1.82) is 0 Å². The average Bonchev–Trinajstić information content (AvgIpc) is 2.76. The molecule has 0 aliphatic heterocycles. The van der Waals surface area contributed by atoms with Gasteiger partial charge in [-0.1, -0.05) is 53.3 Å². The number of hydrogen-bond donors (Lipinski definition) is 1. The summed E-state index contributed by atoms with van der Waals surface area (Å²) in [4.78, 5) is 12.0. The molecule has 1 aromatic heterocycles. The molecule has 0 saturated heterocycles. The first-order valence-electron chi connectivity index (χ1n) is 6.17. The number of halogens is 1. The first-order chi connectivity index (χ1) is 9.66. The molecule has 0 fully saturated rings. The molecule has 3 aromatic rings. The van der Waals surface area contributed by atoms with Crippen LogP contribution in [-0.4, -0.2) is 9.67 Å². The third-order valence-corrected chi connectivity index (χ3v) is 4.50. The molecule has 0 aliphatic rings. The van der Waals surface area contributed by atoms with Gasteiger partial charge >= 0.3 is 4.87 Å². The number of benzene rings is 2. The van der Waals surface area contributed by atoms with Crippen molar-refractivity contribution in [2.45, 2.75) is 12.6 Å². The molecule has 3 rings (SSSR count). The molecule has 0 amide bonds. The number of rotatable bonds is 3. The molecule has 20 heavy (non-hydrogen) atoms. The summed E-state index contributed by atoms with van der Waals surface area (Å²) in [6, 6.07) is 14.7. The lowest BCUT2D eigenvalue weighted by Crippen LogP contribution is -2.18. The molecule has 0 saturated carbocycles. The fourth-order valence-electron chi connectivity index (χ4n) is 2.20. The van der Waals surface area contributed by atoms with E-state index in [4.69, 9.17) is 11.6 Å². The van der Waals surface area contributed by atoms with E-state index in [2.05, 4.69) is 0 Å². The van der Waals surface area contributed by atoms with E-state index < -0.39 is 6.10 Å². The number of thiazole rings is 1. The molecule has 1 heterocycles. The summed E-state index contributed by atoms with van der Waals surface area (Å²) in [6.07, 6.45) is -0.806. The SMILES string of the molecule is O=c1sc2ccccc2n1CC(O)c1ccccc1Cl. The Morgan fingerprint density at radius 3 is 2.65 bits per heavy atom. The number of fused-ring (bicyclic) bond motifs is 1. The Kier molecular flexibility index (Phi) is 3.61. The minimum Gasteiger partial charge on any atom is -0.386 e. The molecular formula is C15H12ClNO2S. The highest BCUT2D eigenvalue weighted by atomic mass is 35.5. The van der Waals surface area contributed by atoms with Crippen LogP contribution in [0.5, 0.6) is 0 Å². The van der Waals surface area contributed by atoms with Crippen molar-refractivity contribution in [2.24, 2.45) is 0 Å². The summed E-state index contributed by atoms with van der Waals surface area (Å²) in [6.45, 7) is 0.201. The van der Waals surface area contributed by atoms with Crippen molar-refractivity contribution in [3.05, 3.63) is 68.8 Å². The monoisotopic (exact) mass is 305 g/mol. The van der Waals surface area contributed by atoms with E-state index in [1.165, 1.54) is 11.3 Å². The van der Waals surface area contributed by atoms with E-state index in [-0.39, 0.29) is 11.4 Å². The normalized spacial score (nSPS) is 12.7. The zero-order chi connectivity index (χ0) is 14.1. The van der Waals surface area contributed by atoms with Crippen molar-refractivity contribution in [3.63, 3.8) is 0 Å². The fraction of sp³-hybridized carbons (Fsp3) is 0.133. The molecular weight excluding hydrogens is 294 g/mol. The standard InChI is InChI=1S/C15H12ClNO2S/c16-11-6-2-1-5-10(11)13(18)9-17-12-7-3-4-8-14(12)20-15(17)19/h1-8,13,18H,9H2. The molecule has 0 spiro atoms. The number of aromatic nitrogens is 1. The van der Waals surface area contributed by atoms with Gasteiger partial charge in [0, 0.05) is 10.6 Å². The third kappa shape index (κ3) is 2.38. The van der Waals surface area contributed by atoms with Gasteiger partial charge in [-0.05, 0) is 18.2 Å². The predicted octanol–water partition coefficient (Wildman–Crippen LogP) is 3.45.